The van der Waals surface area contributed by atoms with E-state index in [4.69, 9.17) is 4.74 Å². The second-order valence-electron chi connectivity index (χ2n) is 9.29. The molecule has 0 saturated heterocycles. The maximum absolute atomic E-state index is 14.8. The van der Waals surface area contributed by atoms with Gasteiger partial charge in [-0.1, -0.05) is 20.3 Å². The number of halogens is 2. The zero-order valence-corrected chi connectivity index (χ0v) is 19.8. The van der Waals surface area contributed by atoms with E-state index in [0.29, 0.717) is 17.8 Å². The number of nitrogens with zero attached hydrogens (tertiary/aromatic N) is 6. The minimum atomic E-state index is -2.80. The minimum absolute atomic E-state index is 0.00388. The van der Waals surface area contributed by atoms with Gasteiger partial charge < -0.3 is 19.3 Å². The van der Waals surface area contributed by atoms with Gasteiger partial charge in [0.25, 0.3) is 5.92 Å². The largest absolute Gasteiger partial charge is 0.507 e. The van der Waals surface area contributed by atoms with Gasteiger partial charge in [-0.05, 0) is 18.6 Å². The van der Waals surface area contributed by atoms with Crippen molar-refractivity contribution in [2.75, 3.05) is 19.1 Å². The van der Waals surface area contributed by atoms with E-state index >= 15 is 0 Å². The third-order valence-corrected chi connectivity index (χ3v) is 6.71. The highest BCUT2D eigenvalue weighted by molar-refractivity contribution is 5.66. The van der Waals surface area contributed by atoms with Crippen molar-refractivity contribution in [1.29, 1.82) is 0 Å². The number of aromatic nitrogens is 5. The summed E-state index contributed by atoms with van der Waals surface area (Å²) in [5.74, 6) is -2.21. The molecule has 1 aliphatic rings. The molecule has 1 aliphatic carbocycles. The molecule has 0 spiro atoms. The van der Waals surface area contributed by atoms with Crippen LogP contribution in [0.25, 0.3) is 17.1 Å². The summed E-state index contributed by atoms with van der Waals surface area (Å²) in [4.78, 5) is 10.0. The van der Waals surface area contributed by atoms with Crippen molar-refractivity contribution in [2.24, 2.45) is 5.41 Å². The number of hydrogen-bond acceptors (Lipinski definition) is 7. The van der Waals surface area contributed by atoms with Crippen LogP contribution in [0.5, 0.6) is 5.75 Å². The lowest BCUT2D eigenvalue weighted by molar-refractivity contribution is -0.150. The molecule has 1 N–H and O–H groups in total. The Balaban J connectivity index is 1.58. The predicted molar refractivity (Wildman–Crippen MR) is 124 cm³/mol. The zero-order valence-electron chi connectivity index (χ0n) is 19.8. The molecule has 8 nitrogen and oxygen atoms in total. The first kappa shape index (κ1) is 24.0. The first-order chi connectivity index (χ1) is 16.2. The maximum atomic E-state index is 14.8. The van der Waals surface area contributed by atoms with E-state index in [1.54, 1.807) is 54.5 Å². The second kappa shape index (κ2) is 9.25. The van der Waals surface area contributed by atoms with Crippen LogP contribution < -0.4 is 4.90 Å². The molecule has 1 saturated carbocycles. The van der Waals surface area contributed by atoms with Crippen LogP contribution >= 0.6 is 0 Å². The average molecular weight is 473 g/mol. The van der Waals surface area contributed by atoms with E-state index in [2.05, 4.69) is 20.2 Å². The van der Waals surface area contributed by atoms with Crippen LogP contribution in [0.15, 0.2) is 43.1 Å². The number of imidazole rings is 1. The van der Waals surface area contributed by atoms with Crippen LogP contribution in [-0.2, 0) is 4.74 Å². The molecule has 4 rings (SSSR count). The molecule has 0 unspecified atom stereocenters. The Morgan fingerprint density at radius 3 is 2.68 bits per heavy atom. The topological polar surface area (TPSA) is 89.2 Å². The van der Waals surface area contributed by atoms with Gasteiger partial charge in [-0.3, -0.25) is 0 Å². The number of aromatic hydroxyl groups is 1. The molecule has 0 amide bonds. The number of rotatable bonds is 7. The fourth-order valence-electron chi connectivity index (χ4n) is 5.23. The van der Waals surface area contributed by atoms with Crippen LogP contribution in [0.3, 0.4) is 0 Å². The predicted octanol–water partition coefficient (Wildman–Crippen LogP) is 4.49. The molecule has 0 aliphatic heterocycles. The summed E-state index contributed by atoms with van der Waals surface area (Å²) in [5.41, 5.74) is 0.496. The van der Waals surface area contributed by atoms with Crippen molar-refractivity contribution in [3.05, 3.63) is 43.1 Å². The summed E-state index contributed by atoms with van der Waals surface area (Å²) in [6.45, 7) is 3.87. The van der Waals surface area contributed by atoms with Gasteiger partial charge in [0.2, 0.25) is 0 Å². The fraction of sp³-hybridized carbons (Fsp3) is 0.500. The van der Waals surface area contributed by atoms with Gasteiger partial charge in [-0.25, -0.2) is 18.7 Å². The number of likely N-dealkylation sites (N-methyl/N-ethyl adjacent to an activating group) is 1. The van der Waals surface area contributed by atoms with Gasteiger partial charge in [-0.15, -0.1) is 10.2 Å². The standard InChI is InChI=1S/C24H30F2N6O2/c1-5-8-23(2)14-24(25,26)12-18(21(23)34-4)31(3)20-13-28-22(30-29-20)17-7-6-16(11-19(17)33)32-10-9-27-15-32/h6-7,9-11,13,15,18,21,33H,5,8,12,14H2,1-4H3/t18-,21+,23+/m0/s1. The highest BCUT2D eigenvalue weighted by Crippen LogP contribution is 2.49. The van der Waals surface area contributed by atoms with Crippen molar-refractivity contribution in [3.8, 4) is 22.8 Å². The lowest BCUT2D eigenvalue weighted by Crippen LogP contribution is -2.58. The first-order valence-corrected chi connectivity index (χ1v) is 11.3. The third-order valence-electron chi connectivity index (χ3n) is 6.71. The number of hydrogen-bond donors (Lipinski definition) is 1. The van der Waals surface area contributed by atoms with E-state index in [-0.39, 0.29) is 24.4 Å². The third kappa shape index (κ3) is 4.59. The lowest BCUT2D eigenvalue weighted by Gasteiger charge is -2.50. The lowest BCUT2D eigenvalue weighted by atomic mass is 9.66. The van der Waals surface area contributed by atoms with E-state index in [1.807, 2.05) is 19.9 Å². The Morgan fingerprint density at radius 2 is 2.09 bits per heavy atom. The molecule has 0 radical (unpaired) electrons. The number of ether oxygens (including phenoxy) is 1. The van der Waals surface area contributed by atoms with Gasteiger partial charge >= 0.3 is 0 Å². The molecule has 1 aromatic carbocycles. The van der Waals surface area contributed by atoms with Gasteiger partial charge in [0.1, 0.15) is 5.75 Å². The van der Waals surface area contributed by atoms with Gasteiger partial charge in [-0.2, -0.15) is 0 Å². The molecule has 2 heterocycles. The van der Waals surface area contributed by atoms with Crippen molar-refractivity contribution in [2.45, 2.75) is 57.6 Å². The molecule has 0 bridgehead atoms. The Bertz CT molecular complexity index is 1110. The summed E-state index contributed by atoms with van der Waals surface area (Å²) in [6, 6.07) is 4.50. The summed E-state index contributed by atoms with van der Waals surface area (Å²) in [7, 11) is 3.29. The second-order valence-corrected chi connectivity index (χ2v) is 9.29. The normalized spacial score (nSPS) is 24.2. The van der Waals surface area contributed by atoms with E-state index < -0.39 is 23.5 Å². The Labute approximate surface area is 197 Å². The van der Waals surface area contributed by atoms with Crippen molar-refractivity contribution < 1.29 is 18.6 Å². The van der Waals surface area contributed by atoms with Crippen molar-refractivity contribution >= 4 is 5.82 Å². The molecule has 2 aromatic heterocycles. The molecule has 3 atom stereocenters. The van der Waals surface area contributed by atoms with E-state index in [9.17, 15) is 13.9 Å². The van der Waals surface area contributed by atoms with Crippen LogP contribution in [0.4, 0.5) is 14.6 Å². The summed E-state index contributed by atoms with van der Waals surface area (Å²) in [6.07, 6.45) is 7.05. The van der Waals surface area contributed by atoms with Crippen LogP contribution in [0, 0.1) is 5.41 Å². The maximum Gasteiger partial charge on any atom is 0.250 e. The highest BCUT2D eigenvalue weighted by atomic mass is 19.3. The minimum Gasteiger partial charge on any atom is -0.507 e. The number of phenolic OH excluding ortho intramolecular Hbond substituents is 1. The SMILES string of the molecule is CCC[C@]1(C)CC(F)(F)C[C@H](N(C)c2cnc(-c3ccc(-n4ccnc4)cc3O)nn2)[C@H]1OC. The van der Waals surface area contributed by atoms with Gasteiger partial charge in [0.15, 0.2) is 11.6 Å². The molecule has 10 heteroatoms. The molecule has 3 aromatic rings. The van der Waals surface area contributed by atoms with Gasteiger partial charge in [0, 0.05) is 50.9 Å². The van der Waals surface area contributed by atoms with E-state index in [1.165, 1.54) is 6.20 Å². The van der Waals surface area contributed by atoms with E-state index in [0.717, 1.165) is 12.1 Å². The van der Waals surface area contributed by atoms with Crippen LogP contribution in [0.1, 0.15) is 39.5 Å². The number of methoxy groups -OCH3 is 1. The number of benzene rings is 1. The molecule has 1 fully saturated rings. The van der Waals surface area contributed by atoms with Crippen molar-refractivity contribution in [3.63, 3.8) is 0 Å². The average Bonchev–Trinajstić information content (AvgIpc) is 3.33. The Kier molecular flexibility index (Phi) is 6.53. The fourth-order valence-corrected chi connectivity index (χ4v) is 5.23. The molecule has 34 heavy (non-hydrogen) atoms. The summed E-state index contributed by atoms with van der Waals surface area (Å²) < 4.78 is 37.1. The monoisotopic (exact) mass is 472 g/mol. The number of alkyl halides is 2. The molecule has 182 valence electrons. The zero-order chi connectivity index (χ0) is 24.5. The molecular weight excluding hydrogens is 442 g/mol. The smallest absolute Gasteiger partial charge is 0.250 e. The Morgan fingerprint density at radius 1 is 1.29 bits per heavy atom. The number of anilines is 1. The summed E-state index contributed by atoms with van der Waals surface area (Å²) in [5, 5.41) is 18.9. The first-order valence-electron chi connectivity index (χ1n) is 11.3. The highest BCUT2D eigenvalue weighted by Gasteiger charge is 2.54. The summed E-state index contributed by atoms with van der Waals surface area (Å²) >= 11 is 0. The quantitative estimate of drug-likeness (QED) is 0.542. The number of phenols is 1. The van der Waals surface area contributed by atoms with Crippen LogP contribution in [0.2, 0.25) is 0 Å². The van der Waals surface area contributed by atoms with Crippen LogP contribution in [-0.4, -0.2) is 62.1 Å². The Hall–Kier alpha value is -3.14. The molecular formula is C24H30F2N6O2. The van der Waals surface area contributed by atoms with Crippen molar-refractivity contribution in [1.82, 2.24) is 24.7 Å². The van der Waals surface area contributed by atoms with Gasteiger partial charge in [0.05, 0.1) is 35.9 Å².